The summed E-state index contributed by atoms with van der Waals surface area (Å²) in [6.07, 6.45) is 6.10. The van der Waals surface area contributed by atoms with E-state index in [-0.39, 0.29) is 0 Å². The lowest BCUT2D eigenvalue weighted by atomic mass is 9.86. The first kappa shape index (κ1) is 17.6. The Morgan fingerprint density at radius 1 is 0.893 bits per heavy atom. The molecule has 0 aliphatic carbocycles. The third kappa shape index (κ3) is 3.35. The lowest BCUT2D eigenvalue weighted by Crippen LogP contribution is -2.30. The Bertz CT molecular complexity index is 997. The van der Waals surface area contributed by atoms with Crippen molar-refractivity contribution in [2.75, 3.05) is 31.1 Å². The Labute approximate surface area is 166 Å². The minimum absolute atomic E-state index is 0.432. The molecule has 2 aliphatic rings. The second-order valence-corrected chi connectivity index (χ2v) is 8.62. The number of anilines is 1. The number of hydrogen-bond donors (Lipinski definition) is 0. The van der Waals surface area contributed by atoms with Crippen LogP contribution in [0.25, 0.3) is 11.0 Å². The molecule has 1 atom stereocenters. The Hall–Kier alpha value is -2.53. The summed E-state index contributed by atoms with van der Waals surface area (Å²) in [6, 6.07) is 10.9. The van der Waals surface area contributed by atoms with E-state index in [1.54, 1.807) is 12.4 Å². The topological polar surface area (TPSA) is 45.2 Å². The number of aromatic nitrogens is 3. The molecule has 2 fully saturated rings. The zero-order valence-corrected chi connectivity index (χ0v) is 16.7. The van der Waals surface area contributed by atoms with Gasteiger partial charge in [0, 0.05) is 61.1 Å². The molecule has 0 bridgehead atoms. The molecule has 28 heavy (non-hydrogen) atoms. The summed E-state index contributed by atoms with van der Waals surface area (Å²) in [5.41, 5.74) is 7.30. The normalized spacial score (nSPS) is 22.6. The van der Waals surface area contributed by atoms with E-state index in [1.165, 1.54) is 37.2 Å². The van der Waals surface area contributed by atoms with Gasteiger partial charge in [0.15, 0.2) is 0 Å². The van der Waals surface area contributed by atoms with E-state index < -0.39 is 0 Å². The maximum Gasteiger partial charge on any atom is 0.0890 e. The van der Waals surface area contributed by atoms with E-state index >= 15 is 0 Å². The molecule has 5 rings (SSSR count). The molecule has 5 heteroatoms. The molecule has 5 nitrogen and oxygen atoms in total. The summed E-state index contributed by atoms with van der Waals surface area (Å²) in [5, 5.41) is 0. The number of rotatable bonds is 3. The SMILES string of the molecule is Cc1cc(N2CCC3(CCN(Cc4ccc5nccnc5c4)C3)C2)cc(C)n1. The van der Waals surface area contributed by atoms with Crippen molar-refractivity contribution in [2.45, 2.75) is 33.2 Å². The van der Waals surface area contributed by atoms with Crippen molar-refractivity contribution in [1.82, 2.24) is 19.9 Å². The van der Waals surface area contributed by atoms with Crippen molar-refractivity contribution in [2.24, 2.45) is 5.41 Å². The van der Waals surface area contributed by atoms with E-state index in [2.05, 4.69) is 68.9 Å². The molecule has 4 heterocycles. The largest absolute Gasteiger partial charge is 0.371 e. The van der Waals surface area contributed by atoms with Gasteiger partial charge in [-0.15, -0.1) is 0 Å². The molecule has 3 aromatic rings. The van der Waals surface area contributed by atoms with Crippen LogP contribution in [0.5, 0.6) is 0 Å². The Morgan fingerprint density at radius 3 is 2.46 bits per heavy atom. The van der Waals surface area contributed by atoms with Gasteiger partial charge in [-0.25, -0.2) is 0 Å². The molecule has 1 unspecified atom stereocenters. The number of hydrogen-bond acceptors (Lipinski definition) is 5. The lowest BCUT2D eigenvalue weighted by molar-refractivity contribution is 0.270. The second-order valence-electron chi connectivity index (χ2n) is 8.62. The molecule has 1 aromatic carbocycles. The average molecular weight is 374 g/mol. The van der Waals surface area contributed by atoms with Crippen LogP contribution < -0.4 is 4.90 Å². The van der Waals surface area contributed by atoms with Crippen molar-refractivity contribution in [3.05, 3.63) is 59.7 Å². The molecule has 2 aliphatic heterocycles. The third-order valence-corrected chi connectivity index (χ3v) is 6.33. The summed E-state index contributed by atoms with van der Waals surface area (Å²) in [5.74, 6) is 0. The molecule has 2 saturated heterocycles. The lowest BCUT2D eigenvalue weighted by Gasteiger charge is -2.26. The zero-order chi connectivity index (χ0) is 19.1. The fourth-order valence-corrected chi connectivity index (χ4v) is 5.01. The molecule has 2 aromatic heterocycles. The highest BCUT2D eigenvalue weighted by Crippen LogP contribution is 2.41. The maximum absolute atomic E-state index is 4.53. The van der Waals surface area contributed by atoms with E-state index in [4.69, 9.17) is 0 Å². The monoisotopic (exact) mass is 373 g/mol. The Morgan fingerprint density at radius 2 is 1.64 bits per heavy atom. The predicted molar refractivity (Wildman–Crippen MR) is 112 cm³/mol. The second kappa shape index (κ2) is 6.82. The number of pyridine rings is 1. The Balaban J connectivity index is 1.27. The van der Waals surface area contributed by atoms with Crippen LogP contribution in [0, 0.1) is 19.3 Å². The highest BCUT2D eigenvalue weighted by atomic mass is 15.2. The molecule has 144 valence electrons. The molecule has 0 radical (unpaired) electrons. The van der Waals surface area contributed by atoms with Crippen LogP contribution in [0.4, 0.5) is 5.69 Å². The quantitative estimate of drug-likeness (QED) is 0.700. The Kier molecular flexibility index (Phi) is 4.27. The highest BCUT2D eigenvalue weighted by molar-refractivity contribution is 5.74. The molecular formula is C23H27N5. The van der Waals surface area contributed by atoms with Crippen LogP contribution in [0.3, 0.4) is 0 Å². The number of aryl methyl sites for hydroxylation is 2. The van der Waals surface area contributed by atoms with Gasteiger partial charge in [0.2, 0.25) is 0 Å². The van der Waals surface area contributed by atoms with Crippen molar-refractivity contribution in [3.63, 3.8) is 0 Å². The van der Waals surface area contributed by atoms with Gasteiger partial charge >= 0.3 is 0 Å². The van der Waals surface area contributed by atoms with E-state index in [9.17, 15) is 0 Å². The standard InChI is InChI=1S/C23H27N5/c1-17-11-20(12-18(2)26-17)28-10-6-23(16-28)5-9-27(15-23)14-19-3-4-21-22(13-19)25-8-7-24-21/h3-4,7-8,11-13H,5-6,9-10,14-16H2,1-2H3. The van der Waals surface area contributed by atoms with Crippen molar-refractivity contribution < 1.29 is 0 Å². The van der Waals surface area contributed by atoms with Gasteiger partial charge in [-0.1, -0.05) is 6.07 Å². The van der Waals surface area contributed by atoms with Crippen LogP contribution in [0.2, 0.25) is 0 Å². The molecule has 0 amide bonds. The van der Waals surface area contributed by atoms with Crippen LogP contribution in [-0.4, -0.2) is 46.0 Å². The number of nitrogens with zero attached hydrogens (tertiary/aromatic N) is 5. The molecular weight excluding hydrogens is 346 g/mol. The molecule has 0 N–H and O–H groups in total. The first-order chi connectivity index (χ1) is 13.6. The van der Waals surface area contributed by atoms with Gasteiger partial charge in [0.25, 0.3) is 0 Å². The summed E-state index contributed by atoms with van der Waals surface area (Å²) in [6.45, 7) is 9.87. The summed E-state index contributed by atoms with van der Waals surface area (Å²) in [4.78, 5) is 18.5. The van der Waals surface area contributed by atoms with E-state index in [0.717, 1.165) is 42.1 Å². The zero-order valence-electron chi connectivity index (χ0n) is 16.7. The van der Waals surface area contributed by atoms with Crippen LogP contribution in [0.1, 0.15) is 29.8 Å². The average Bonchev–Trinajstić information content (AvgIpc) is 3.28. The number of fused-ring (bicyclic) bond motifs is 1. The summed E-state index contributed by atoms with van der Waals surface area (Å²) < 4.78 is 0. The van der Waals surface area contributed by atoms with Crippen molar-refractivity contribution in [1.29, 1.82) is 0 Å². The first-order valence-corrected chi connectivity index (χ1v) is 10.2. The summed E-state index contributed by atoms with van der Waals surface area (Å²) in [7, 11) is 0. The summed E-state index contributed by atoms with van der Waals surface area (Å²) >= 11 is 0. The minimum atomic E-state index is 0.432. The predicted octanol–water partition coefficient (Wildman–Crippen LogP) is 3.74. The highest BCUT2D eigenvalue weighted by Gasteiger charge is 2.43. The van der Waals surface area contributed by atoms with Gasteiger partial charge in [0.05, 0.1) is 11.0 Å². The van der Waals surface area contributed by atoms with Gasteiger partial charge < -0.3 is 4.90 Å². The number of likely N-dealkylation sites (tertiary alicyclic amines) is 1. The first-order valence-electron chi connectivity index (χ1n) is 10.2. The van der Waals surface area contributed by atoms with Crippen molar-refractivity contribution in [3.8, 4) is 0 Å². The van der Waals surface area contributed by atoms with E-state index in [0.29, 0.717) is 5.41 Å². The molecule has 0 saturated carbocycles. The molecule has 1 spiro atoms. The fraction of sp³-hybridized carbons (Fsp3) is 0.435. The van der Waals surface area contributed by atoms with Gasteiger partial charge in [-0.05, 0) is 63.1 Å². The van der Waals surface area contributed by atoms with Gasteiger partial charge in [0.1, 0.15) is 0 Å². The number of benzene rings is 1. The smallest absolute Gasteiger partial charge is 0.0890 e. The minimum Gasteiger partial charge on any atom is -0.371 e. The van der Waals surface area contributed by atoms with Crippen molar-refractivity contribution >= 4 is 16.7 Å². The van der Waals surface area contributed by atoms with Crippen LogP contribution >= 0.6 is 0 Å². The fourth-order valence-electron chi connectivity index (χ4n) is 5.01. The van der Waals surface area contributed by atoms with E-state index in [1.807, 2.05) is 0 Å². The van der Waals surface area contributed by atoms with Gasteiger partial charge in [-0.2, -0.15) is 0 Å². The van der Waals surface area contributed by atoms with Gasteiger partial charge in [-0.3, -0.25) is 19.9 Å². The van der Waals surface area contributed by atoms with Crippen LogP contribution in [-0.2, 0) is 6.54 Å². The maximum atomic E-state index is 4.53. The van der Waals surface area contributed by atoms with Crippen LogP contribution in [0.15, 0.2) is 42.7 Å². The third-order valence-electron chi connectivity index (χ3n) is 6.33.